The van der Waals surface area contributed by atoms with Crippen LogP contribution >= 0.6 is 0 Å². The number of ketones is 1. The second-order valence-corrected chi connectivity index (χ2v) is 4.59. The number of hydrogen-bond acceptors (Lipinski definition) is 3. The van der Waals surface area contributed by atoms with Crippen LogP contribution in [0.1, 0.15) is 10.4 Å². The zero-order valence-electron chi connectivity index (χ0n) is 11.4. The van der Waals surface area contributed by atoms with E-state index in [1.165, 1.54) is 6.08 Å². The second kappa shape index (κ2) is 6.01. The Hall–Kier alpha value is -2.94. The normalized spacial score (nSPS) is 10.9. The average Bonchev–Trinajstić information content (AvgIpc) is 2.56. The van der Waals surface area contributed by atoms with Gasteiger partial charge in [0.25, 0.3) is 0 Å². The van der Waals surface area contributed by atoms with E-state index in [1.54, 1.807) is 24.5 Å². The fourth-order valence-electron chi connectivity index (χ4n) is 2.13. The van der Waals surface area contributed by atoms with Crippen molar-refractivity contribution in [3.63, 3.8) is 0 Å². The van der Waals surface area contributed by atoms with Gasteiger partial charge in [-0.2, -0.15) is 0 Å². The first kappa shape index (κ1) is 13.1. The number of hydrogen-bond donors (Lipinski definition) is 1. The Morgan fingerprint density at radius 2 is 1.76 bits per heavy atom. The quantitative estimate of drug-likeness (QED) is 0.576. The van der Waals surface area contributed by atoms with Crippen LogP contribution < -0.4 is 5.32 Å². The zero-order valence-corrected chi connectivity index (χ0v) is 11.4. The molecule has 2 aromatic carbocycles. The average molecular weight is 274 g/mol. The third-order valence-electron chi connectivity index (χ3n) is 3.16. The Morgan fingerprint density at radius 3 is 2.62 bits per heavy atom. The molecule has 3 nitrogen and oxygen atoms in total. The topological polar surface area (TPSA) is 42.0 Å². The van der Waals surface area contributed by atoms with Gasteiger partial charge in [-0.05, 0) is 12.1 Å². The first-order chi connectivity index (χ1) is 10.3. The van der Waals surface area contributed by atoms with E-state index in [1.807, 2.05) is 48.5 Å². The van der Waals surface area contributed by atoms with Crippen LogP contribution in [0.3, 0.4) is 0 Å². The van der Waals surface area contributed by atoms with Crippen LogP contribution in [0.2, 0.25) is 0 Å². The fraction of sp³-hybridized carbons (Fsp3) is 0. The third-order valence-corrected chi connectivity index (χ3v) is 3.16. The van der Waals surface area contributed by atoms with Crippen LogP contribution in [-0.4, -0.2) is 10.8 Å². The Labute approximate surface area is 123 Å². The SMILES string of the molecule is O=C(/C=C/Nc1cccc2cccnc12)c1ccccc1. The molecule has 102 valence electrons. The number of carbonyl (C=O) groups is 1. The number of aromatic nitrogens is 1. The van der Waals surface area contributed by atoms with Gasteiger partial charge in [0, 0.05) is 29.4 Å². The first-order valence-corrected chi connectivity index (χ1v) is 6.71. The number of fused-ring (bicyclic) bond motifs is 1. The summed E-state index contributed by atoms with van der Waals surface area (Å²) in [6.07, 6.45) is 4.93. The highest BCUT2D eigenvalue weighted by Crippen LogP contribution is 2.20. The molecule has 21 heavy (non-hydrogen) atoms. The molecule has 0 fully saturated rings. The number of nitrogens with one attached hydrogen (secondary N) is 1. The number of pyridine rings is 1. The number of para-hydroxylation sites is 1. The molecule has 0 spiro atoms. The summed E-state index contributed by atoms with van der Waals surface area (Å²) in [5, 5.41) is 4.18. The monoisotopic (exact) mass is 274 g/mol. The van der Waals surface area contributed by atoms with Crippen molar-refractivity contribution >= 4 is 22.4 Å². The molecule has 1 heterocycles. The van der Waals surface area contributed by atoms with Gasteiger partial charge < -0.3 is 5.32 Å². The highest BCUT2D eigenvalue weighted by Gasteiger charge is 2.01. The minimum Gasteiger partial charge on any atom is -0.360 e. The Morgan fingerprint density at radius 1 is 0.952 bits per heavy atom. The molecule has 0 aliphatic carbocycles. The van der Waals surface area contributed by atoms with Crippen molar-refractivity contribution in [1.29, 1.82) is 0 Å². The Bertz CT molecular complexity index is 789. The molecule has 0 radical (unpaired) electrons. The summed E-state index contributed by atoms with van der Waals surface area (Å²) >= 11 is 0. The van der Waals surface area contributed by atoms with Gasteiger partial charge in [0.2, 0.25) is 0 Å². The first-order valence-electron chi connectivity index (χ1n) is 6.71. The zero-order chi connectivity index (χ0) is 14.5. The van der Waals surface area contributed by atoms with Crippen molar-refractivity contribution in [2.75, 3.05) is 5.32 Å². The molecular formula is C18H14N2O. The van der Waals surface area contributed by atoms with Crippen molar-refractivity contribution in [2.24, 2.45) is 0 Å². The third kappa shape index (κ3) is 2.98. The minimum atomic E-state index is -0.0312. The minimum absolute atomic E-state index is 0.0312. The van der Waals surface area contributed by atoms with Crippen LogP contribution in [0.5, 0.6) is 0 Å². The maximum atomic E-state index is 12.0. The molecule has 0 saturated carbocycles. The highest BCUT2D eigenvalue weighted by atomic mass is 16.1. The summed E-state index contributed by atoms with van der Waals surface area (Å²) in [6.45, 7) is 0. The lowest BCUT2D eigenvalue weighted by Crippen LogP contribution is -1.96. The Kier molecular flexibility index (Phi) is 3.74. The second-order valence-electron chi connectivity index (χ2n) is 4.59. The standard InChI is InChI=1S/C18H14N2O/c21-17(14-6-2-1-3-7-14)11-13-19-16-10-4-8-15-9-5-12-20-18(15)16/h1-13,19H/b13-11+. The van der Waals surface area contributed by atoms with E-state index in [4.69, 9.17) is 0 Å². The van der Waals surface area contributed by atoms with Crippen LogP contribution in [-0.2, 0) is 0 Å². The summed E-state index contributed by atoms with van der Waals surface area (Å²) in [4.78, 5) is 16.3. The molecule has 0 atom stereocenters. The van der Waals surface area contributed by atoms with E-state index in [0.29, 0.717) is 5.56 Å². The predicted molar refractivity (Wildman–Crippen MR) is 85.3 cm³/mol. The molecular weight excluding hydrogens is 260 g/mol. The molecule has 0 saturated heterocycles. The molecule has 0 amide bonds. The molecule has 3 rings (SSSR count). The molecule has 0 aliphatic heterocycles. The van der Waals surface area contributed by atoms with E-state index in [2.05, 4.69) is 10.3 Å². The van der Waals surface area contributed by atoms with Crippen molar-refractivity contribution in [2.45, 2.75) is 0 Å². The number of rotatable bonds is 4. The van der Waals surface area contributed by atoms with Crippen molar-refractivity contribution in [3.8, 4) is 0 Å². The van der Waals surface area contributed by atoms with E-state index < -0.39 is 0 Å². The van der Waals surface area contributed by atoms with Gasteiger partial charge in [-0.1, -0.05) is 48.5 Å². The summed E-state index contributed by atoms with van der Waals surface area (Å²) in [7, 11) is 0. The van der Waals surface area contributed by atoms with E-state index in [9.17, 15) is 4.79 Å². The van der Waals surface area contributed by atoms with Crippen molar-refractivity contribution in [1.82, 2.24) is 4.98 Å². The largest absolute Gasteiger partial charge is 0.360 e. The van der Waals surface area contributed by atoms with Gasteiger partial charge in [0.15, 0.2) is 5.78 Å². The number of benzene rings is 2. The van der Waals surface area contributed by atoms with Crippen molar-refractivity contribution in [3.05, 3.63) is 84.7 Å². The van der Waals surface area contributed by atoms with Crippen molar-refractivity contribution < 1.29 is 4.79 Å². The summed E-state index contributed by atoms with van der Waals surface area (Å²) in [5.74, 6) is -0.0312. The van der Waals surface area contributed by atoms with Gasteiger partial charge in [-0.25, -0.2) is 0 Å². The van der Waals surface area contributed by atoms with E-state index >= 15 is 0 Å². The summed E-state index contributed by atoms with van der Waals surface area (Å²) in [5.41, 5.74) is 2.44. The molecule has 0 unspecified atom stereocenters. The lowest BCUT2D eigenvalue weighted by atomic mass is 10.1. The van der Waals surface area contributed by atoms with Crippen LogP contribution in [0.4, 0.5) is 5.69 Å². The lowest BCUT2D eigenvalue weighted by Gasteiger charge is -2.04. The van der Waals surface area contributed by atoms with E-state index in [0.717, 1.165) is 16.6 Å². The lowest BCUT2D eigenvalue weighted by molar-refractivity contribution is 0.104. The maximum Gasteiger partial charge on any atom is 0.187 e. The highest BCUT2D eigenvalue weighted by molar-refractivity contribution is 6.04. The van der Waals surface area contributed by atoms with Gasteiger partial charge >= 0.3 is 0 Å². The summed E-state index contributed by atoms with van der Waals surface area (Å²) in [6, 6.07) is 19.0. The fourth-order valence-corrected chi connectivity index (χ4v) is 2.13. The van der Waals surface area contributed by atoms with Gasteiger partial charge in [0.1, 0.15) is 0 Å². The molecule has 0 aliphatic rings. The molecule has 1 N–H and O–H groups in total. The number of carbonyl (C=O) groups excluding carboxylic acids is 1. The van der Waals surface area contributed by atoms with Crippen LogP contribution in [0.15, 0.2) is 79.1 Å². The molecule has 1 aromatic heterocycles. The molecule has 3 aromatic rings. The Balaban J connectivity index is 1.78. The van der Waals surface area contributed by atoms with Crippen LogP contribution in [0.25, 0.3) is 10.9 Å². The van der Waals surface area contributed by atoms with Gasteiger partial charge in [-0.3, -0.25) is 9.78 Å². The molecule has 3 heteroatoms. The number of anilines is 1. The van der Waals surface area contributed by atoms with Crippen LogP contribution in [0, 0.1) is 0 Å². The predicted octanol–water partition coefficient (Wildman–Crippen LogP) is 4.04. The van der Waals surface area contributed by atoms with Gasteiger partial charge in [-0.15, -0.1) is 0 Å². The van der Waals surface area contributed by atoms with E-state index in [-0.39, 0.29) is 5.78 Å². The molecule has 0 bridgehead atoms. The number of nitrogens with zero attached hydrogens (tertiary/aromatic N) is 1. The maximum absolute atomic E-state index is 12.0. The van der Waals surface area contributed by atoms with Gasteiger partial charge in [0.05, 0.1) is 11.2 Å². The summed E-state index contributed by atoms with van der Waals surface area (Å²) < 4.78 is 0. The number of allylic oxidation sites excluding steroid dienone is 1. The smallest absolute Gasteiger partial charge is 0.187 e.